The number of benzene rings is 1. The quantitative estimate of drug-likeness (QED) is 0.436. The molecular weight excluding hydrogens is 260 g/mol. The number of non-ortho nitro benzene ring substituents is 1. The minimum Gasteiger partial charge on any atom is -0.469 e. The zero-order valence-corrected chi connectivity index (χ0v) is 12.0. The number of nitrogens with zero attached hydrogens (tertiary/aromatic N) is 2. The minimum absolute atomic E-state index is 0.0464. The number of carbonyl (C=O) groups excluding carboxylic acids is 1. The van der Waals surface area contributed by atoms with Crippen molar-refractivity contribution in [3.05, 3.63) is 39.9 Å². The zero-order valence-electron chi connectivity index (χ0n) is 12.0. The Bertz CT molecular complexity index is 455. The molecule has 0 aliphatic rings. The second kappa shape index (κ2) is 7.59. The molecule has 0 fully saturated rings. The van der Waals surface area contributed by atoms with Crippen LogP contribution < -0.4 is 0 Å². The molecule has 0 saturated carbocycles. The predicted octanol–water partition coefficient (Wildman–Crippen LogP) is 2.54. The molecule has 0 heterocycles. The minimum atomic E-state index is -0.434. The van der Waals surface area contributed by atoms with Crippen LogP contribution in [0.5, 0.6) is 0 Å². The molecule has 0 aliphatic heterocycles. The van der Waals surface area contributed by atoms with Crippen LogP contribution in [-0.4, -0.2) is 36.0 Å². The Morgan fingerprint density at radius 2 is 1.85 bits per heavy atom. The molecule has 6 heteroatoms. The molecule has 6 nitrogen and oxygen atoms in total. The lowest BCUT2D eigenvalue weighted by molar-refractivity contribution is -0.384. The van der Waals surface area contributed by atoms with E-state index in [2.05, 4.69) is 4.90 Å². The standard InChI is InChI=1S/C14H20N2O4/c1-4-15(5-2)13(10-14(17)20-3)11-6-8-12(9-7-11)16(18)19/h6-9,13H,4-5,10H2,1-3H3. The molecule has 0 spiro atoms. The van der Waals surface area contributed by atoms with E-state index in [9.17, 15) is 14.9 Å². The summed E-state index contributed by atoms with van der Waals surface area (Å²) in [6.07, 6.45) is 0.232. The third-order valence-corrected chi connectivity index (χ3v) is 3.33. The Morgan fingerprint density at radius 1 is 1.30 bits per heavy atom. The van der Waals surface area contributed by atoms with E-state index in [1.54, 1.807) is 12.1 Å². The van der Waals surface area contributed by atoms with E-state index in [1.165, 1.54) is 19.2 Å². The third-order valence-electron chi connectivity index (χ3n) is 3.33. The molecular formula is C14H20N2O4. The molecule has 0 amide bonds. The van der Waals surface area contributed by atoms with Crippen molar-refractivity contribution in [2.75, 3.05) is 20.2 Å². The molecule has 1 rings (SSSR count). The maximum absolute atomic E-state index is 11.5. The van der Waals surface area contributed by atoms with Crippen LogP contribution in [0, 0.1) is 10.1 Å². The summed E-state index contributed by atoms with van der Waals surface area (Å²) in [5.41, 5.74) is 0.926. The van der Waals surface area contributed by atoms with Crippen LogP contribution in [0.3, 0.4) is 0 Å². The Kier molecular flexibility index (Phi) is 6.11. The Hall–Kier alpha value is -1.95. The average molecular weight is 280 g/mol. The molecule has 1 aromatic rings. The summed E-state index contributed by atoms with van der Waals surface area (Å²) in [6, 6.07) is 6.19. The van der Waals surface area contributed by atoms with Gasteiger partial charge < -0.3 is 4.74 Å². The van der Waals surface area contributed by atoms with E-state index in [4.69, 9.17) is 4.74 Å². The fourth-order valence-corrected chi connectivity index (χ4v) is 2.18. The van der Waals surface area contributed by atoms with E-state index in [0.717, 1.165) is 18.7 Å². The van der Waals surface area contributed by atoms with E-state index in [1.807, 2.05) is 13.8 Å². The van der Waals surface area contributed by atoms with Gasteiger partial charge >= 0.3 is 5.97 Å². The van der Waals surface area contributed by atoms with Gasteiger partial charge in [-0.25, -0.2) is 0 Å². The molecule has 0 saturated heterocycles. The van der Waals surface area contributed by atoms with Crippen molar-refractivity contribution >= 4 is 11.7 Å². The second-order valence-corrected chi connectivity index (χ2v) is 4.37. The molecule has 0 aliphatic carbocycles. The molecule has 1 atom stereocenters. The van der Waals surface area contributed by atoms with Crippen LogP contribution in [0.2, 0.25) is 0 Å². The van der Waals surface area contributed by atoms with Crippen molar-refractivity contribution in [2.24, 2.45) is 0 Å². The zero-order chi connectivity index (χ0) is 15.1. The van der Waals surface area contributed by atoms with Crippen LogP contribution in [0.15, 0.2) is 24.3 Å². The lowest BCUT2D eigenvalue weighted by atomic mass is 10.0. The van der Waals surface area contributed by atoms with Crippen LogP contribution in [0.4, 0.5) is 5.69 Å². The van der Waals surface area contributed by atoms with Gasteiger partial charge in [-0.15, -0.1) is 0 Å². The lowest BCUT2D eigenvalue weighted by Crippen LogP contribution is -2.30. The molecule has 20 heavy (non-hydrogen) atoms. The highest BCUT2D eigenvalue weighted by molar-refractivity contribution is 5.70. The number of hydrogen-bond donors (Lipinski definition) is 0. The van der Waals surface area contributed by atoms with Crippen molar-refractivity contribution in [3.8, 4) is 0 Å². The first kappa shape index (κ1) is 16.1. The number of ether oxygens (including phenoxy) is 1. The van der Waals surface area contributed by atoms with Gasteiger partial charge in [0.05, 0.1) is 18.5 Å². The van der Waals surface area contributed by atoms with Gasteiger partial charge in [0.1, 0.15) is 0 Å². The number of nitro groups is 1. The average Bonchev–Trinajstić information content (AvgIpc) is 2.47. The summed E-state index contributed by atoms with van der Waals surface area (Å²) in [4.78, 5) is 23.9. The number of nitro benzene ring substituents is 1. The van der Waals surface area contributed by atoms with Crippen LogP contribution in [-0.2, 0) is 9.53 Å². The fourth-order valence-electron chi connectivity index (χ4n) is 2.18. The first-order valence-corrected chi connectivity index (χ1v) is 6.58. The SMILES string of the molecule is CCN(CC)C(CC(=O)OC)c1ccc([N+](=O)[O-])cc1. The van der Waals surface area contributed by atoms with Gasteiger partial charge in [0.15, 0.2) is 0 Å². The Morgan fingerprint density at radius 3 is 2.25 bits per heavy atom. The van der Waals surface area contributed by atoms with Gasteiger partial charge in [-0.1, -0.05) is 26.0 Å². The smallest absolute Gasteiger partial charge is 0.307 e. The fraction of sp³-hybridized carbons (Fsp3) is 0.500. The summed E-state index contributed by atoms with van der Waals surface area (Å²) in [6.45, 7) is 5.60. The van der Waals surface area contributed by atoms with Gasteiger partial charge in [-0.3, -0.25) is 19.8 Å². The van der Waals surface area contributed by atoms with Crippen LogP contribution in [0.25, 0.3) is 0 Å². The first-order valence-electron chi connectivity index (χ1n) is 6.58. The van der Waals surface area contributed by atoms with Crippen molar-refractivity contribution < 1.29 is 14.5 Å². The monoisotopic (exact) mass is 280 g/mol. The van der Waals surface area contributed by atoms with Gasteiger partial charge in [-0.05, 0) is 18.7 Å². The van der Waals surface area contributed by atoms with Gasteiger partial charge in [-0.2, -0.15) is 0 Å². The van der Waals surface area contributed by atoms with E-state index < -0.39 is 4.92 Å². The highest BCUT2D eigenvalue weighted by Gasteiger charge is 2.22. The van der Waals surface area contributed by atoms with Crippen LogP contribution in [0.1, 0.15) is 31.9 Å². The lowest BCUT2D eigenvalue weighted by Gasteiger charge is -2.29. The van der Waals surface area contributed by atoms with Crippen molar-refractivity contribution in [1.82, 2.24) is 4.90 Å². The number of rotatable bonds is 7. The summed E-state index contributed by atoms with van der Waals surface area (Å²) in [7, 11) is 1.36. The highest BCUT2D eigenvalue weighted by Crippen LogP contribution is 2.26. The first-order chi connectivity index (χ1) is 9.53. The van der Waals surface area contributed by atoms with Gasteiger partial charge in [0, 0.05) is 18.2 Å². The third kappa shape index (κ3) is 4.03. The number of carbonyl (C=O) groups is 1. The Balaban J connectivity index is 3.02. The van der Waals surface area contributed by atoms with Crippen LogP contribution >= 0.6 is 0 Å². The number of esters is 1. The van der Waals surface area contributed by atoms with Gasteiger partial charge in [0.2, 0.25) is 0 Å². The number of hydrogen-bond acceptors (Lipinski definition) is 5. The Labute approximate surface area is 118 Å². The van der Waals surface area contributed by atoms with E-state index in [0.29, 0.717) is 0 Å². The normalized spacial score (nSPS) is 12.2. The molecule has 0 N–H and O–H groups in total. The summed E-state index contributed by atoms with van der Waals surface area (Å²) >= 11 is 0. The molecule has 0 radical (unpaired) electrons. The highest BCUT2D eigenvalue weighted by atomic mass is 16.6. The molecule has 1 aromatic carbocycles. The number of methoxy groups -OCH3 is 1. The molecule has 110 valence electrons. The maximum atomic E-state index is 11.5. The topological polar surface area (TPSA) is 72.7 Å². The largest absolute Gasteiger partial charge is 0.469 e. The van der Waals surface area contributed by atoms with E-state index >= 15 is 0 Å². The summed E-state index contributed by atoms with van der Waals surface area (Å²) in [5, 5.41) is 10.7. The van der Waals surface area contributed by atoms with Crippen molar-refractivity contribution in [3.63, 3.8) is 0 Å². The van der Waals surface area contributed by atoms with Crippen molar-refractivity contribution in [2.45, 2.75) is 26.3 Å². The summed E-state index contributed by atoms with van der Waals surface area (Å²) in [5.74, 6) is -0.291. The molecule has 0 bridgehead atoms. The second-order valence-electron chi connectivity index (χ2n) is 4.37. The maximum Gasteiger partial charge on any atom is 0.307 e. The predicted molar refractivity (Wildman–Crippen MR) is 75.4 cm³/mol. The van der Waals surface area contributed by atoms with Crippen molar-refractivity contribution in [1.29, 1.82) is 0 Å². The molecule has 0 aromatic heterocycles. The van der Waals surface area contributed by atoms with Gasteiger partial charge in [0.25, 0.3) is 5.69 Å². The van der Waals surface area contributed by atoms with E-state index in [-0.39, 0.29) is 24.1 Å². The summed E-state index contributed by atoms with van der Waals surface area (Å²) < 4.78 is 4.73. The molecule has 1 unspecified atom stereocenters.